The molecule has 1 aliphatic heterocycles. The molecule has 0 amide bonds. The summed E-state index contributed by atoms with van der Waals surface area (Å²) in [7, 11) is 0. The summed E-state index contributed by atoms with van der Waals surface area (Å²) < 4.78 is 15.9. The van der Waals surface area contributed by atoms with Gasteiger partial charge in [0.05, 0.1) is 24.9 Å². The van der Waals surface area contributed by atoms with E-state index >= 15 is 0 Å². The van der Waals surface area contributed by atoms with E-state index in [1.165, 1.54) is 22.2 Å². The van der Waals surface area contributed by atoms with Crippen LogP contribution in [0.15, 0.2) is 52.9 Å². The van der Waals surface area contributed by atoms with Crippen LogP contribution in [0.25, 0.3) is 10.2 Å². The number of para-hydroxylation sites is 2. The molecule has 0 fully saturated rings. The molecule has 0 saturated carbocycles. The van der Waals surface area contributed by atoms with Gasteiger partial charge in [0.2, 0.25) is 0 Å². The molecule has 3 aromatic heterocycles. The van der Waals surface area contributed by atoms with Crippen molar-refractivity contribution in [3.05, 3.63) is 75.4 Å². The number of carbonyl (C=O) groups excluding carboxylic acids is 1. The molecule has 0 aliphatic carbocycles. The maximum absolute atomic E-state index is 13.0. The molecule has 158 valence electrons. The Morgan fingerprint density at radius 3 is 2.87 bits per heavy atom. The van der Waals surface area contributed by atoms with Gasteiger partial charge in [0.15, 0.2) is 23.4 Å². The van der Waals surface area contributed by atoms with Gasteiger partial charge in [-0.05, 0) is 43.5 Å². The summed E-state index contributed by atoms with van der Waals surface area (Å²) in [6, 6.07) is 11.3. The molecule has 0 N–H and O–H groups in total. The van der Waals surface area contributed by atoms with E-state index in [9.17, 15) is 9.59 Å². The predicted molar refractivity (Wildman–Crippen MR) is 118 cm³/mol. The molecule has 0 unspecified atom stereocenters. The molecule has 0 spiro atoms. The van der Waals surface area contributed by atoms with Crippen LogP contribution in [0.4, 0.5) is 0 Å². The quantitative estimate of drug-likeness (QED) is 0.448. The number of nitrogens with zero attached hydrogens (tertiary/aromatic N) is 3. The molecule has 5 rings (SSSR count). The number of hydrogen-bond donors (Lipinski definition) is 0. The van der Waals surface area contributed by atoms with Gasteiger partial charge in [-0.2, -0.15) is 0 Å². The number of rotatable bonds is 5. The largest absolute Gasteiger partial charge is 0.486 e. The number of fused-ring (bicyclic) bond motifs is 2. The minimum atomic E-state index is -0.187. The van der Waals surface area contributed by atoms with E-state index in [4.69, 9.17) is 9.47 Å². The molecular weight excluding hydrogens is 414 g/mol. The number of thiophene rings is 1. The lowest BCUT2D eigenvalue weighted by Gasteiger charge is -2.27. The van der Waals surface area contributed by atoms with Crippen LogP contribution in [0.2, 0.25) is 0 Å². The Morgan fingerprint density at radius 1 is 1.23 bits per heavy atom. The summed E-state index contributed by atoms with van der Waals surface area (Å²) in [5.41, 5.74) is 2.89. The van der Waals surface area contributed by atoms with Crippen molar-refractivity contribution in [3.8, 4) is 11.5 Å². The van der Waals surface area contributed by atoms with Crippen LogP contribution in [0.1, 0.15) is 21.7 Å². The maximum Gasteiger partial charge on any atom is 0.271 e. The van der Waals surface area contributed by atoms with E-state index < -0.39 is 0 Å². The number of hydrogen-bond acceptors (Lipinski definition) is 6. The third kappa shape index (κ3) is 3.53. The lowest BCUT2D eigenvalue weighted by Crippen LogP contribution is -2.33. The lowest BCUT2D eigenvalue weighted by molar-refractivity contribution is 0.0777. The molecule has 4 aromatic rings. The van der Waals surface area contributed by atoms with Crippen molar-refractivity contribution in [1.82, 2.24) is 14.1 Å². The standard InChI is InChI=1S/C23H21N3O4S/c1-14-9-17(19(27)11-25-13-24-18-7-8-31-22(18)23(25)28)15(2)26(14)10-16-12-29-20-5-3-4-6-21(20)30-16/h3-9,13,16H,10-12H2,1-2H3/t16-/m1/s1. The van der Waals surface area contributed by atoms with Crippen LogP contribution in [-0.2, 0) is 13.1 Å². The van der Waals surface area contributed by atoms with Crippen molar-refractivity contribution < 1.29 is 14.3 Å². The fourth-order valence-corrected chi connectivity index (χ4v) is 4.75. The zero-order chi connectivity index (χ0) is 21.5. The van der Waals surface area contributed by atoms with Crippen LogP contribution in [0, 0.1) is 13.8 Å². The van der Waals surface area contributed by atoms with Crippen molar-refractivity contribution in [2.75, 3.05) is 6.61 Å². The van der Waals surface area contributed by atoms with Crippen LogP contribution in [0.5, 0.6) is 11.5 Å². The first-order valence-corrected chi connectivity index (χ1v) is 10.9. The highest BCUT2D eigenvalue weighted by molar-refractivity contribution is 7.17. The Morgan fingerprint density at radius 2 is 2.03 bits per heavy atom. The van der Waals surface area contributed by atoms with Gasteiger partial charge in [-0.1, -0.05) is 12.1 Å². The predicted octanol–water partition coefficient (Wildman–Crippen LogP) is 3.60. The summed E-state index contributed by atoms with van der Waals surface area (Å²) in [5.74, 6) is 1.36. The van der Waals surface area contributed by atoms with Crippen molar-refractivity contribution in [1.29, 1.82) is 0 Å². The first kappa shape index (κ1) is 19.6. The number of benzene rings is 1. The summed E-state index contributed by atoms with van der Waals surface area (Å²) in [6.07, 6.45) is 1.29. The number of aryl methyl sites for hydroxylation is 1. The second kappa shape index (κ2) is 7.70. The van der Waals surface area contributed by atoms with Gasteiger partial charge in [0.1, 0.15) is 11.3 Å². The number of ether oxygens (including phenoxy) is 2. The van der Waals surface area contributed by atoms with Gasteiger partial charge in [-0.3, -0.25) is 14.2 Å². The fraction of sp³-hybridized carbons (Fsp3) is 0.261. The highest BCUT2D eigenvalue weighted by atomic mass is 32.1. The minimum absolute atomic E-state index is 0.0413. The Bertz CT molecular complexity index is 1350. The van der Waals surface area contributed by atoms with Gasteiger partial charge in [0, 0.05) is 17.0 Å². The van der Waals surface area contributed by atoms with E-state index in [2.05, 4.69) is 9.55 Å². The molecule has 1 aromatic carbocycles. The molecule has 7 nitrogen and oxygen atoms in total. The average Bonchev–Trinajstić information content (AvgIpc) is 3.36. The van der Waals surface area contributed by atoms with Gasteiger partial charge in [0.25, 0.3) is 5.56 Å². The Kier molecular flexibility index (Phi) is 4.86. The SMILES string of the molecule is Cc1cc(C(=O)Cn2cnc3ccsc3c2=O)c(C)n1C[C@@H]1COc2ccccc2O1. The topological polar surface area (TPSA) is 75.4 Å². The molecule has 0 saturated heterocycles. The first-order valence-electron chi connectivity index (χ1n) is 10.0. The molecule has 31 heavy (non-hydrogen) atoms. The van der Waals surface area contributed by atoms with E-state index in [1.54, 1.807) is 6.07 Å². The molecule has 8 heteroatoms. The Balaban J connectivity index is 1.36. The summed E-state index contributed by atoms with van der Waals surface area (Å²) in [4.78, 5) is 29.9. The average molecular weight is 436 g/mol. The summed E-state index contributed by atoms with van der Waals surface area (Å²) in [5, 5.41) is 1.83. The van der Waals surface area contributed by atoms with Gasteiger partial charge in [-0.15, -0.1) is 11.3 Å². The number of carbonyl (C=O) groups is 1. The first-order chi connectivity index (χ1) is 15.0. The molecule has 4 heterocycles. The van der Waals surface area contributed by atoms with Gasteiger partial charge < -0.3 is 14.0 Å². The van der Waals surface area contributed by atoms with E-state index in [0.29, 0.717) is 28.9 Å². The molecule has 0 bridgehead atoms. The van der Waals surface area contributed by atoms with E-state index in [1.807, 2.05) is 49.6 Å². The smallest absolute Gasteiger partial charge is 0.271 e. The summed E-state index contributed by atoms with van der Waals surface area (Å²) in [6.45, 7) is 4.86. The van der Waals surface area contributed by atoms with Crippen LogP contribution < -0.4 is 15.0 Å². The number of ketones is 1. The maximum atomic E-state index is 13.0. The molecule has 1 atom stereocenters. The van der Waals surface area contributed by atoms with Crippen LogP contribution in [0.3, 0.4) is 0 Å². The molecule has 1 aliphatic rings. The minimum Gasteiger partial charge on any atom is -0.486 e. The second-order valence-corrected chi connectivity index (χ2v) is 8.54. The second-order valence-electron chi connectivity index (χ2n) is 7.63. The van der Waals surface area contributed by atoms with E-state index in [-0.39, 0.29) is 24.0 Å². The Hall–Kier alpha value is -3.39. The van der Waals surface area contributed by atoms with Crippen molar-refractivity contribution >= 4 is 27.3 Å². The summed E-state index contributed by atoms with van der Waals surface area (Å²) >= 11 is 1.34. The lowest BCUT2D eigenvalue weighted by atomic mass is 10.1. The number of aromatic nitrogens is 3. The monoisotopic (exact) mass is 435 g/mol. The molecular formula is C23H21N3O4S. The van der Waals surface area contributed by atoms with Crippen LogP contribution in [-0.4, -0.2) is 32.6 Å². The molecule has 0 radical (unpaired) electrons. The Labute approximate surface area is 182 Å². The zero-order valence-corrected chi connectivity index (χ0v) is 18.0. The zero-order valence-electron chi connectivity index (χ0n) is 17.2. The fourth-order valence-electron chi connectivity index (χ4n) is 3.95. The third-order valence-corrected chi connectivity index (χ3v) is 6.47. The van der Waals surface area contributed by atoms with Crippen molar-refractivity contribution in [3.63, 3.8) is 0 Å². The normalized spacial score (nSPS) is 15.4. The highest BCUT2D eigenvalue weighted by Crippen LogP contribution is 2.31. The van der Waals surface area contributed by atoms with Crippen molar-refractivity contribution in [2.24, 2.45) is 0 Å². The van der Waals surface area contributed by atoms with E-state index in [0.717, 1.165) is 22.9 Å². The highest BCUT2D eigenvalue weighted by Gasteiger charge is 2.24. The van der Waals surface area contributed by atoms with Crippen molar-refractivity contribution in [2.45, 2.75) is 33.0 Å². The number of Topliss-reactive ketones (excluding diaryl/α,β-unsaturated/α-hetero) is 1. The van der Waals surface area contributed by atoms with Gasteiger partial charge >= 0.3 is 0 Å². The van der Waals surface area contributed by atoms with Gasteiger partial charge in [-0.25, -0.2) is 4.98 Å². The third-order valence-electron chi connectivity index (χ3n) is 5.58. The van der Waals surface area contributed by atoms with Crippen LogP contribution >= 0.6 is 11.3 Å².